The number of nitrogens with zero attached hydrogens (tertiary/aromatic N) is 1. The first-order valence-corrected chi connectivity index (χ1v) is 8.68. The number of ether oxygens (including phenoxy) is 1. The van der Waals surface area contributed by atoms with E-state index in [1.165, 1.54) is 0 Å². The van der Waals surface area contributed by atoms with Crippen LogP contribution in [0, 0.1) is 0 Å². The molecule has 0 heterocycles. The van der Waals surface area contributed by atoms with Crippen molar-refractivity contribution in [3.8, 4) is 5.75 Å². The summed E-state index contributed by atoms with van der Waals surface area (Å²) in [7, 11) is 1.85. The van der Waals surface area contributed by atoms with E-state index in [1.807, 2.05) is 66.5 Å². The summed E-state index contributed by atoms with van der Waals surface area (Å²) in [5, 5.41) is 3.10. The number of para-hydroxylation sites is 1. The van der Waals surface area contributed by atoms with Gasteiger partial charge in [-0.1, -0.05) is 62.4 Å². The van der Waals surface area contributed by atoms with Crippen molar-refractivity contribution in [3.05, 3.63) is 65.7 Å². The lowest BCUT2D eigenvalue weighted by molar-refractivity contribution is -0.121. The van der Waals surface area contributed by atoms with Crippen LogP contribution in [0.2, 0.25) is 0 Å². The molecule has 0 aliphatic heterocycles. The molecule has 0 unspecified atom stereocenters. The highest BCUT2D eigenvalue weighted by molar-refractivity contribution is 7.80. The van der Waals surface area contributed by atoms with Crippen LogP contribution in [0.3, 0.4) is 0 Å². The van der Waals surface area contributed by atoms with Gasteiger partial charge in [0.1, 0.15) is 5.75 Å². The minimum atomic E-state index is -0.261. The standard InChI is InChI=1S/C20H24N2O2S/c1-15(2)17-11-7-8-12-18(17)24-14-19(23)21-20(25)22(3)13-16-9-5-4-6-10-16/h4-12,15H,13-14H2,1-3H3,(H,21,23,25). The fraction of sp³-hybridized carbons (Fsp3) is 0.300. The van der Waals surface area contributed by atoms with E-state index >= 15 is 0 Å². The van der Waals surface area contributed by atoms with E-state index in [9.17, 15) is 4.79 Å². The van der Waals surface area contributed by atoms with Crippen LogP contribution in [-0.2, 0) is 11.3 Å². The van der Waals surface area contributed by atoms with Crippen molar-refractivity contribution in [2.24, 2.45) is 0 Å². The molecule has 0 radical (unpaired) electrons. The first-order valence-electron chi connectivity index (χ1n) is 8.28. The number of hydrogen-bond donors (Lipinski definition) is 1. The molecule has 5 heteroatoms. The van der Waals surface area contributed by atoms with E-state index in [0.29, 0.717) is 17.6 Å². The van der Waals surface area contributed by atoms with Crippen LogP contribution in [-0.4, -0.2) is 29.6 Å². The Morgan fingerprint density at radius 2 is 1.76 bits per heavy atom. The van der Waals surface area contributed by atoms with Crippen molar-refractivity contribution in [2.75, 3.05) is 13.7 Å². The monoisotopic (exact) mass is 356 g/mol. The Morgan fingerprint density at radius 3 is 2.44 bits per heavy atom. The molecule has 2 aromatic rings. The molecule has 0 atom stereocenters. The number of benzene rings is 2. The minimum absolute atomic E-state index is 0.0664. The molecule has 0 fully saturated rings. The number of thiocarbonyl (C=S) groups is 1. The van der Waals surface area contributed by atoms with Crippen LogP contribution in [0.1, 0.15) is 30.9 Å². The van der Waals surface area contributed by atoms with E-state index in [0.717, 1.165) is 16.9 Å². The Hall–Kier alpha value is -2.40. The lowest BCUT2D eigenvalue weighted by Gasteiger charge is -2.20. The van der Waals surface area contributed by atoms with Crippen molar-refractivity contribution in [1.82, 2.24) is 10.2 Å². The highest BCUT2D eigenvalue weighted by atomic mass is 32.1. The maximum atomic E-state index is 12.1. The molecule has 2 rings (SSSR count). The smallest absolute Gasteiger partial charge is 0.264 e. The van der Waals surface area contributed by atoms with E-state index in [1.54, 1.807) is 0 Å². The summed E-state index contributed by atoms with van der Waals surface area (Å²) in [5.41, 5.74) is 2.21. The van der Waals surface area contributed by atoms with Gasteiger partial charge in [-0.2, -0.15) is 0 Å². The molecule has 132 valence electrons. The first-order chi connectivity index (χ1) is 12.0. The minimum Gasteiger partial charge on any atom is -0.483 e. The average Bonchev–Trinajstić information content (AvgIpc) is 2.61. The number of hydrogen-bond acceptors (Lipinski definition) is 3. The van der Waals surface area contributed by atoms with Crippen LogP contribution in [0.15, 0.2) is 54.6 Å². The zero-order valence-electron chi connectivity index (χ0n) is 14.9. The van der Waals surface area contributed by atoms with Crippen molar-refractivity contribution in [1.29, 1.82) is 0 Å². The Balaban J connectivity index is 1.84. The molecular weight excluding hydrogens is 332 g/mol. The number of carbonyl (C=O) groups is 1. The summed E-state index contributed by atoms with van der Waals surface area (Å²) in [6.07, 6.45) is 0. The van der Waals surface area contributed by atoms with Crippen molar-refractivity contribution < 1.29 is 9.53 Å². The predicted molar refractivity (Wildman–Crippen MR) is 105 cm³/mol. The molecule has 1 N–H and O–H groups in total. The van der Waals surface area contributed by atoms with E-state index in [4.69, 9.17) is 17.0 Å². The van der Waals surface area contributed by atoms with Gasteiger partial charge in [-0.15, -0.1) is 0 Å². The topological polar surface area (TPSA) is 41.6 Å². The van der Waals surface area contributed by atoms with Crippen LogP contribution >= 0.6 is 12.2 Å². The third-order valence-corrected chi connectivity index (χ3v) is 4.17. The quantitative estimate of drug-likeness (QED) is 0.801. The Morgan fingerprint density at radius 1 is 1.12 bits per heavy atom. The molecule has 0 saturated carbocycles. The van der Waals surface area contributed by atoms with Crippen molar-refractivity contribution in [3.63, 3.8) is 0 Å². The number of amides is 1. The van der Waals surface area contributed by atoms with Crippen LogP contribution in [0.4, 0.5) is 0 Å². The maximum Gasteiger partial charge on any atom is 0.264 e. The summed E-state index contributed by atoms with van der Waals surface area (Å²) in [6.45, 7) is 4.76. The second-order valence-electron chi connectivity index (χ2n) is 6.18. The third-order valence-electron chi connectivity index (χ3n) is 3.76. The zero-order valence-corrected chi connectivity index (χ0v) is 15.7. The SMILES string of the molecule is CC(C)c1ccccc1OCC(=O)NC(=S)N(C)Cc1ccccc1. The number of nitrogens with one attached hydrogen (secondary N) is 1. The van der Waals surface area contributed by atoms with Crippen LogP contribution in [0.5, 0.6) is 5.75 Å². The van der Waals surface area contributed by atoms with E-state index in [2.05, 4.69) is 19.2 Å². The van der Waals surface area contributed by atoms with Gasteiger partial charge in [-0.25, -0.2) is 0 Å². The van der Waals surface area contributed by atoms with Crippen LogP contribution in [0.25, 0.3) is 0 Å². The largest absolute Gasteiger partial charge is 0.483 e. The van der Waals surface area contributed by atoms with Gasteiger partial charge in [0, 0.05) is 13.6 Å². The lowest BCUT2D eigenvalue weighted by atomic mass is 10.0. The average molecular weight is 356 g/mol. The summed E-state index contributed by atoms with van der Waals surface area (Å²) >= 11 is 5.29. The lowest BCUT2D eigenvalue weighted by Crippen LogP contribution is -2.42. The normalized spacial score (nSPS) is 10.4. The highest BCUT2D eigenvalue weighted by Gasteiger charge is 2.12. The molecule has 0 saturated heterocycles. The summed E-state index contributed by atoms with van der Waals surface area (Å²) in [4.78, 5) is 13.9. The second-order valence-corrected chi connectivity index (χ2v) is 6.56. The molecule has 2 aromatic carbocycles. The molecule has 1 amide bonds. The fourth-order valence-electron chi connectivity index (χ4n) is 2.41. The molecule has 4 nitrogen and oxygen atoms in total. The summed E-state index contributed by atoms with van der Waals surface area (Å²) in [5.74, 6) is 0.803. The third kappa shape index (κ3) is 5.87. The van der Waals surface area contributed by atoms with Crippen LogP contribution < -0.4 is 10.1 Å². The highest BCUT2D eigenvalue weighted by Crippen LogP contribution is 2.25. The molecule has 0 spiro atoms. The number of rotatable bonds is 6. The van der Waals surface area contributed by atoms with E-state index < -0.39 is 0 Å². The maximum absolute atomic E-state index is 12.1. The molecular formula is C20H24N2O2S. The van der Waals surface area contributed by atoms with Gasteiger partial charge in [-0.3, -0.25) is 4.79 Å². The molecule has 25 heavy (non-hydrogen) atoms. The van der Waals surface area contributed by atoms with Gasteiger partial charge in [-0.05, 0) is 35.3 Å². The summed E-state index contributed by atoms with van der Waals surface area (Å²) in [6, 6.07) is 17.7. The molecule has 0 aliphatic rings. The number of carbonyl (C=O) groups excluding carboxylic acids is 1. The molecule has 0 aliphatic carbocycles. The molecule has 0 bridgehead atoms. The Bertz CT molecular complexity index is 717. The van der Waals surface area contributed by atoms with Crippen molar-refractivity contribution >= 4 is 23.2 Å². The second kappa shape index (κ2) is 9.18. The predicted octanol–water partition coefficient (Wildman–Crippen LogP) is 3.72. The van der Waals surface area contributed by atoms with Gasteiger partial charge in [0.2, 0.25) is 0 Å². The van der Waals surface area contributed by atoms with Gasteiger partial charge in [0.25, 0.3) is 5.91 Å². The van der Waals surface area contributed by atoms with Gasteiger partial charge in [0.15, 0.2) is 11.7 Å². The summed E-state index contributed by atoms with van der Waals surface area (Å²) < 4.78 is 5.67. The Labute approximate surface area is 154 Å². The first kappa shape index (κ1) is 18.9. The van der Waals surface area contributed by atoms with Gasteiger partial charge < -0.3 is 15.0 Å². The zero-order chi connectivity index (χ0) is 18.2. The van der Waals surface area contributed by atoms with Gasteiger partial charge >= 0.3 is 0 Å². The molecule has 0 aromatic heterocycles. The van der Waals surface area contributed by atoms with Crippen molar-refractivity contribution in [2.45, 2.75) is 26.3 Å². The van der Waals surface area contributed by atoms with Gasteiger partial charge in [0.05, 0.1) is 0 Å². The fourth-order valence-corrected chi connectivity index (χ4v) is 2.59. The Kier molecular flexibility index (Phi) is 6.95. The van der Waals surface area contributed by atoms with E-state index in [-0.39, 0.29) is 12.5 Å².